The van der Waals surface area contributed by atoms with E-state index in [1.54, 1.807) is 13.0 Å². The standard InChI is InChI=1S/C14H18N2O4S/c1-3-4-7-12(14(17)18)16-21(19,20)13-8-5-6-10(2)11(13)9-15/h5-6,8,12,16H,3-4,7H2,1-2H3,(H,17,18). The number of rotatable bonds is 7. The van der Waals surface area contributed by atoms with Crippen LogP contribution in [0.5, 0.6) is 0 Å². The average molecular weight is 310 g/mol. The van der Waals surface area contributed by atoms with E-state index in [1.165, 1.54) is 12.1 Å². The Bertz CT molecular complexity index is 662. The zero-order valence-corrected chi connectivity index (χ0v) is 12.8. The van der Waals surface area contributed by atoms with Crippen molar-refractivity contribution in [1.29, 1.82) is 5.26 Å². The van der Waals surface area contributed by atoms with Gasteiger partial charge in [0.15, 0.2) is 0 Å². The fourth-order valence-corrected chi connectivity index (χ4v) is 3.35. The number of unbranched alkanes of at least 4 members (excludes halogenated alkanes) is 1. The molecule has 0 fully saturated rings. The maximum Gasteiger partial charge on any atom is 0.321 e. The summed E-state index contributed by atoms with van der Waals surface area (Å²) in [5.74, 6) is -1.22. The van der Waals surface area contributed by atoms with Crippen molar-refractivity contribution in [2.24, 2.45) is 0 Å². The van der Waals surface area contributed by atoms with Crippen molar-refractivity contribution in [2.45, 2.75) is 44.0 Å². The number of nitrogens with one attached hydrogen (secondary N) is 1. The highest BCUT2D eigenvalue weighted by molar-refractivity contribution is 7.89. The Hall–Kier alpha value is -1.91. The molecule has 6 nitrogen and oxygen atoms in total. The lowest BCUT2D eigenvalue weighted by Gasteiger charge is -2.15. The van der Waals surface area contributed by atoms with Crippen LogP contribution in [0.25, 0.3) is 0 Å². The molecule has 0 saturated heterocycles. The molecule has 1 unspecified atom stereocenters. The summed E-state index contributed by atoms with van der Waals surface area (Å²) >= 11 is 0. The summed E-state index contributed by atoms with van der Waals surface area (Å²) in [5.41, 5.74) is 0.561. The molecular weight excluding hydrogens is 292 g/mol. The second-order valence-corrected chi connectivity index (χ2v) is 6.40. The molecule has 0 spiro atoms. The molecule has 21 heavy (non-hydrogen) atoms. The zero-order valence-electron chi connectivity index (χ0n) is 12.0. The lowest BCUT2D eigenvalue weighted by atomic mass is 10.1. The summed E-state index contributed by atoms with van der Waals surface area (Å²) in [4.78, 5) is 11.0. The topological polar surface area (TPSA) is 107 Å². The SMILES string of the molecule is CCCCC(NS(=O)(=O)c1cccc(C)c1C#N)C(=O)O. The van der Waals surface area contributed by atoms with Gasteiger partial charge in [-0.05, 0) is 25.0 Å². The fourth-order valence-electron chi connectivity index (χ4n) is 1.90. The van der Waals surface area contributed by atoms with Crippen LogP contribution < -0.4 is 4.72 Å². The van der Waals surface area contributed by atoms with Gasteiger partial charge in [-0.1, -0.05) is 31.9 Å². The number of aryl methyl sites for hydroxylation is 1. The van der Waals surface area contributed by atoms with E-state index in [0.29, 0.717) is 12.0 Å². The minimum atomic E-state index is -4.05. The number of sulfonamides is 1. The number of benzene rings is 1. The van der Waals surface area contributed by atoms with E-state index in [1.807, 2.05) is 13.0 Å². The van der Waals surface area contributed by atoms with Crippen LogP contribution >= 0.6 is 0 Å². The molecule has 114 valence electrons. The predicted molar refractivity (Wildman–Crippen MR) is 77.2 cm³/mol. The Morgan fingerprint density at radius 2 is 2.14 bits per heavy atom. The number of nitriles is 1. The monoisotopic (exact) mass is 310 g/mol. The fraction of sp³-hybridized carbons (Fsp3) is 0.429. The van der Waals surface area contributed by atoms with Crippen molar-refractivity contribution in [2.75, 3.05) is 0 Å². The van der Waals surface area contributed by atoms with Crippen molar-refractivity contribution in [3.05, 3.63) is 29.3 Å². The first-order chi connectivity index (χ1) is 9.83. The molecule has 0 aliphatic rings. The Kier molecular flexibility index (Phi) is 5.88. The summed E-state index contributed by atoms with van der Waals surface area (Å²) in [6, 6.07) is 5.10. The van der Waals surface area contributed by atoms with Crippen molar-refractivity contribution in [3.8, 4) is 6.07 Å². The normalized spacial score (nSPS) is 12.6. The number of hydrogen-bond acceptors (Lipinski definition) is 4. The van der Waals surface area contributed by atoms with Gasteiger partial charge in [-0.25, -0.2) is 8.42 Å². The van der Waals surface area contributed by atoms with Gasteiger partial charge in [0.05, 0.1) is 5.56 Å². The first kappa shape index (κ1) is 17.1. The molecule has 1 aromatic rings. The first-order valence-corrected chi connectivity index (χ1v) is 8.06. The third-order valence-corrected chi connectivity index (χ3v) is 4.59. The summed E-state index contributed by atoms with van der Waals surface area (Å²) < 4.78 is 26.8. The summed E-state index contributed by atoms with van der Waals surface area (Å²) in [6.45, 7) is 3.52. The minimum Gasteiger partial charge on any atom is -0.480 e. The molecule has 1 aromatic carbocycles. The van der Waals surface area contributed by atoms with E-state index in [2.05, 4.69) is 4.72 Å². The Morgan fingerprint density at radius 1 is 1.48 bits per heavy atom. The third-order valence-electron chi connectivity index (χ3n) is 3.08. The summed E-state index contributed by atoms with van der Waals surface area (Å²) in [6.07, 6.45) is 1.57. The third kappa shape index (κ3) is 4.28. The van der Waals surface area contributed by atoms with Gasteiger partial charge in [-0.2, -0.15) is 9.98 Å². The number of carboxylic acids is 1. The van der Waals surface area contributed by atoms with E-state index in [-0.39, 0.29) is 16.9 Å². The maximum atomic E-state index is 12.3. The predicted octanol–water partition coefficient (Wildman–Crippen LogP) is 1.79. The second-order valence-electron chi connectivity index (χ2n) is 4.71. The van der Waals surface area contributed by atoms with Crippen LogP contribution in [0.4, 0.5) is 0 Å². The number of hydrogen-bond donors (Lipinski definition) is 2. The van der Waals surface area contributed by atoms with Crippen LogP contribution in [0.2, 0.25) is 0 Å². The number of aliphatic carboxylic acids is 1. The van der Waals surface area contributed by atoms with Crippen LogP contribution in [0.1, 0.15) is 37.3 Å². The van der Waals surface area contributed by atoms with E-state index >= 15 is 0 Å². The molecule has 0 aliphatic carbocycles. The van der Waals surface area contributed by atoms with E-state index in [0.717, 1.165) is 6.42 Å². The largest absolute Gasteiger partial charge is 0.480 e. The maximum absolute atomic E-state index is 12.3. The lowest BCUT2D eigenvalue weighted by Crippen LogP contribution is -2.40. The molecule has 1 rings (SSSR count). The van der Waals surface area contributed by atoms with Gasteiger partial charge in [0.25, 0.3) is 0 Å². The highest BCUT2D eigenvalue weighted by Gasteiger charge is 2.27. The molecule has 0 bridgehead atoms. The van der Waals surface area contributed by atoms with Crippen molar-refractivity contribution in [3.63, 3.8) is 0 Å². The van der Waals surface area contributed by atoms with Crippen LogP contribution in [0.15, 0.2) is 23.1 Å². The highest BCUT2D eigenvalue weighted by atomic mass is 32.2. The molecule has 0 aliphatic heterocycles. The lowest BCUT2D eigenvalue weighted by molar-refractivity contribution is -0.139. The average Bonchev–Trinajstić information content (AvgIpc) is 2.42. The Morgan fingerprint density at radius 3 is 2.67 bits per heavy atom. The molecule has 0 heterocycles. The van der Waals surface area contributed by atoms with Crippen LogP contribution in [-0.4, -0.2) is 25.5 Å². The van der Waals surface area contributed by atoms with Gasteiger partial charge in [-0.15, -0.1) is 0 Å². The highest BCUT2D eigenvalue weighted by Crippen LogP contribution is 2.19. The van der Waals surface area contributed by atoms with Gasteiger partial charge in [0.1, 0.15) is 17.0 Å². The van der Waals surface area contributed by atoms with E-state index in [9.17, 15) is 13.2 Å². The van der Waals surface area contributed by atoms with Crippen molar-refractivity contribution in [1.82, 2.24) is 4.72 Å². The van der Waals surface area contributed by atoms with Gasteiger partial charge < -0.3 is 5.11 Å². The number of nitrogens with zero attached hydrogens (tertiary/aromatic N) is 1. The van der Waals surface area contributed by atoms with Crippen molar-refractivity contribution >= 4 is 16.0 Å². The molecular formula is C14H18N2O4S. The molecule has 0 amide bonds. The molecule has 0 aromatic heterocycles. The van der Waals surface area contributed by atoms with Gasteiger partial charge in [0, 0.05) is 0 Å². The van der Waals surface area contributed by atoms with Crippen LogP contribution in [0, 0.1) is 18.3 Å². The first-order valence-electron chi connectivity index (χ1n) is 6.58. The molecule has 7 heteroatoms. The zero-order chi connectivity index (χ0) is 16.0. The van der Waals surface area contributed by atoms with Gasteiger partial charge >= 0.3 is 5.97 Å². The smallest absolute Gasteiger partial charge is 0.321 e. The minimum absolute atomic E-state index is 0.0321. The molecule has 0 saturated carbocycles. The van der Waals surface area contributed by atoms with Crippen molar-refractivity contribution < 1.29 is 18.3 Å². The van der Waals surface area contributed by atoms with E-state index in [4.69, 9.17) is 10.4 Å². The quantitative estimate of drug-likeness (QED) is 0.798. The van der Waals surface area contributed by atoms with Gasteiger partial charge in [0.2, 0.25) is 10.0 Å². The molecule has 0 radical (unpaired) electrons. The van der Waals surface area contributed by atoms with E-state index < -0.39 is 22.0 Å². The second kappa shape index (κ2) is 7.20. The van der Waals surface area contributed by atoms with Crippen LogP contribution in [-0.2, 0) is 14.8 Å². The van der Waals surface area contributed by atoms with Gasteiger partial charge in [-0.3, -0.25) is 4.79 Å². The Labute approximate surface area is 124 Å². The van der Waals surface area contributed by atoms with Crippen LogP contribution in [0.3, 0.4) is 0 Å². The summed E-state index contributed by atoms with van der Waals surface area (Å²) in [7, 11) is -4.05. The molecule has 2 N–H and O–H groups in total. The Balaban J connectivity index is 3.14. The number of carbonyl (C=O) groups is 1. The summed E-state index contributed by atoms with van der Waals surface area (Å²) in [5, 5.41) is 18.2. The molecule has 1 atom stereocenters. The number of carboxylic acid groups (broad SMARTS) is 1.